The average Bonchev–Trinajstić information content (AvgIpc) is 2.87. The van der Waals surface area contributed by atoms with Gasteiger partial charge in [-0.25, -0.2) is 0 Å². The molecule has 4 saturated carbocycles. The van der Waals surface area contributed by atoms with Gasteiger partial charge in [0.1, 0.15) is 5.60 Å². The van der Waals surface area contributed by atoms with Crippen LogP contribution in [0.4, 0.5) is 0 Å². The second kappa shape index (κ2) is 5.36. The van der Waals surface area contributed by atoms with Gasteiger partial charge >= 0.3 is 0 Å². The lowest BCUT2D eigenvalue weighted by atomic mass is 9.44. The predicted octanol–water partition coefficient (Wildman–Crippen LogP) is 4.01. The molecule has 0 aliphatic heterocycles. The molecule has 0 radical (unpaired) electrons. The number of allylic oxidation sites excluding steroid dienone is 1. The highest BCUT2D eigenvalue weighted by molar-refractivity contribution is 5.96. The molecule has 0 amide bonds. The van der Waals surface area contributed by atoms with Gasteiger partial charge < -0.3 is 10.2 Å². The molecule has 4 aliphatic carbocycles. The number of aliphatic hydroxyl groups is 2. The van der Waals surface area contributed by atoms with Crippen LogP contribution in [0.5, 0.6) is 0 Å². The zero-order chi connectivity index (χ0) is 18.0. The van der Waals surface area contributed by atoms with Crippen molar-refractivity contribution >= 4 is 5.78 Å². The molecule has 4 rings (SSSR count). The number of fused-ring (bicyclic) bond motifs is 5. The van der Waals surface area contributed by atoms with E-state index in [1.165, 1.54) is 0 Å². The van der Waals surface area contributed by atoms with E-state index in [1.54, 1.807) is 0 Å². The Bertz CT molecular complexity index is 673. The number of aliphatic hydroxyl groups excluding tert-OH is 1. The fourth-order valence-electron chi connectivity index (χ4n) is 7.38. The lowest BCUT2D eigenvalue weighted by molar-refractivity contribution is -0.140. The summed E-state index contributed by atoms with van der Waals surface area (Å²) in [7, 11) is 0. The monoisotopic (exact) mass is 342 g/mol. The first kappa shape index (κ1) is 17.2. The van der Waals surface area contributed by atoms with E-state index in [-0.39, 0.29) is 16.6 Å². The summed E-state index contributed by atoms with van der Waals surface area (Å²) >= 11 is 0. The summed E-state index contributed by atoms with van der Waals surface area (Å²) in [6.45, 7) is 4.55. The maximum atomic E-state index is 12.3. The van der Waals surface area contributed by atoms with Gasteiger partial charge in [0.25, 0.3) is 0 Å². The Kier molecular flexibility index (Phi) is 3.68. The minimum absolute atomic E-state index is 0.0869. The lowest BCUT2D eigenvalue weighted by Gasteiger charge is -2.60. The van der Waals surface area contributed by atoms with Crippen LogP contribution in [0.2, 0.25) is 0 Å². The van der Waals surface area contributed by atoms with E-state index in [0.29, 0.717) is 48.5 Å². The SMILES string of the molecule is C#C[C@@]1(O)CC[C@H]2[C@@H]3CC[C@H]4CC(=O)C(=CO)C[C@]4(C)[C@H]3CC[C@@]21C. The average molecular weight is 342 g/mol. The maximum Gasteiger partial charge on any atom is 0.162 e. The van der Waals surface area contributed by atoms with Crippen LogP contribution in [0, 0.1) is 46.8 Å². The van der Waals surface area contributed by atoms with Crippen LogP contribution in [0.15, 0.2) is 11.8 Å². The second-order valence-electron chi connectivity index (χ2n) is 9.61. The first-order valence-corrected chi connectivity index (χ1v) is 9.85. The number of terminal acetylenes is 1. The van der Waals surface area contributed by atoms with E-state index in [1.807, 2.05) is 0 Å². The third kappa shape index (κ3) is 2.07. The molecule has 136 valence electrons. The summed E-state index contributed by atoms with van der Waals surface area (Å²) in [5, 5.41) is 20.5. The molecule has 2 N–H and O–H groups in total. The summed E-state index contributed by atoms with van der Waals surface area (Å²) in [5.41, 5.74) is -0.436. The van der Waals surface area contributed by atoms with E-state index in [9.17, 15) is 15.0 Å². The molecule has 0 saturated heterocycles. The van der Waals surface area contributed by atoms with Crippen LogP contribution < -0.4 is 0 Å². The molecular weight excluding hydrogens is 312 g/mol. The number of ketones is 1. The molecule has 3 heteroatoms. The van der Waals surface area contributed by atoms with Crippen molar-refractivity contribution < 1.29 is 15.0 Å². The van der Waals surface area contributed by atoms with Gasteiger partial charge in [0.15, 0.2) is 5.78 Å². The molecule has 0 heterocycles. The molecule has 3 nitrogen and oxygen atoms in total. The molecular formula is C22H30O3. The lowest BCUT2D eigenvalue weighted by Crippen LogP contribution is -2.56. The van der Waals surface area contributed by atoms with E-state index in [4.69, 9.17) is 6.42 Å². The Morgan fingerprint density at radius 1 is 1.16 bits per heavy atom. The van der Waals surface area contributed by atoms with Crippen molar-refractivity contribution in [1.82, 2.24) is 0 Å². The van der Waals surface area contributed by atoms with Gasteiger partial charge in [-0.2, -0.15) is 0 Å². The Hall–Kier alpha value is -1.27. The van der Waals surface area contributed by atoms with E-state index in [2.05, 4.69) is 19.8 Å². The smallest absolute Gasteiger partial charge is 0.162 e. The molecule has 0 unspecified atom stereocenters. The van der Waals surface area contributed by atoms with Gasteiger partial charge in [-0.05, 0) is 74.0 Å². The van der Waals surface area contributed by atoms with Gasteiger partial charge in [-0.1, -0.05) is 19.8 Å². The number of hydrogen-bond acceptors (Lipinski definition) is 3. The van der Waals surface area contributed by atoms with E-state index >= 15 is 0 Å². The van der Waals surface area contributed by atoms with Crippen LogP contribution in [-0.2, 0) is 4.79 Å². The highest BCUT2D eigenvalue weighted by Gasteiger charge is 2.64. The molecule has 0 bridgehead atoms. The summed E-state index contributed by atoms with van der Waals surface area (Å²) in [5.74, 6) is 4.91. The van der Waals surface area contributed by atoms with Crippen molar-refractivity contribution in [2.24, 2.45) is 34.5 Å². The largest absolute Gasteiger partial charge is 0.515 e. The summed E-state index contributed by atoms with van der Waals surface area (Å²) in [6.07, 6.45) is 14.1. The Morgan fingerprint density at radius 2 is 1.88 bits per heavy atom. The number of hydrogen-bond donors (Lipinski definition) is 2. The first-order valence-electron chi connectivity index (χ1n) is 9.85. The summed E-state index contributed by atoms with van der Waals surface area (Å²) in [4.78, 5) is 12.3. The van der Waals surface area contributed by atoms with Crippen LogP contribution in [0.3, 0.4) is 0 Å². The number of rotatable bonds is 0. The Labute approximate surface area is 150 Å². The quantitative estimate of drug-likeness (QED) is 0.397. The Morgan fingerprint density at radius 3 is 2.56 bits per heavy atom. The van der Waals surface area contributed by atoms with Gasteiger partial charge in [0.05, 0.1) is 6.26 Å². The van der Waals surface area contributed by atoms with E-state index in [0.717, 1.165) is 38.4 Å². The van der Waals surface area contributed by atoms with E-state index < -0.39 is 5.60 Å². The topological polar surface area (TPSA) is 57.5 Å². The number of carbonyl (C=O) groups excluding carboxylic acids is 1. The molecule has 7 atom stereocenters. The third-order valence-electron chi connectivity index (χ3n) is 8.97. The summed E-state index contributed by atoms with van der Waals surface area (Å²) in [6, 6.07) is 0. The van der Waals surface area contributed by atoms with Crippen molar-refractivity contribution in [1.29, 1.82) is 0 Å². The van der Waals surface area contributed by atoms with Crippen LogP contribution >= 0.6 is 0 Å². The number of Topliss-reactive ketones (excluding diaryl/α,β-unsaturated/α-hetero) is 1. The molecule has 0 aromatic carbocycles. The predicted molar refractivity (Wildman–Crippen MR) is 96.6 cm³/mol. The Balaban J connectivity index is 1.68. The second-order valence-corrected chi connectivity index (χ2v) is 9.61. The summed E-state index contributed by atoms with van der Waals surface area (Å²) < 4.78 is 0. The molecule has 0 aromatic rings. The van der Waals surface area contributed by atoms with Crippen LogP contribution in [0.1, 0.15) is 65.2 Å². The fourth-order valence-corrected chi connectivity index (χ4v) is 7.38. The van der Waals surface area contributed by atoms with Crippen LogP contribution in [0.25, 0.3) is 0 Å². The molecule has 25 heavy (non-hydrogen) atoms. The highest BCUT2D eigenvalue weighted by atomic mass is 16.3. The van der Waals surface area contributed by atoms with Gasteiger partial charge in [-0.3, -0.25) is 4.79 Å². The zero-order valence-electron chi connectivity index (χ0n) is 15.4. The van der Waals surface area contributed by atoms with Gasteiger partial charge in [-0.15, -0.1) is 6.42 Å². The highest BCUT2D eigenvalue weighted by Crippen LogP contribution is 2.68. The zero-order valence-corrected chi connectivity index (χ0v) is 15.4. The minimum atomic E-state index is -0.959. The standard InChI is InChI=1S/C22H30O3/c1-4-22(25)10-8-18-16-6-5-15-11-19(24)14(13-23)12-20(15,2)17(16)7-9-21(18,22)3/h1,13,15-18,23,25H,5-12H2,2-3H3/t15-,16+,17-,18-,20-,21-,22+/m0/s1. The molecule has 4 fully saturated rings. The fraction of sp³-hybridized carbons (Fsp3) is 0.773. The van der Waals surface area contributed by atoms with Gasteiger partial charge in [0, 0.05) is 17.4 Å². The minimum Gasteiger partial charge on any atom is -0.515 e. The van der Waals surface area contributed by atoms with Crippen molar-refractivity contribution in [3.8, 4) is 12.3 Å². The third-order valence-corrected chi connectivity index (χ3v) is 8.97. The normalized spacial score (nSPS) is 53.7. The van der Waals surface area contributed by atoms with Crippen molar-refractivity contribution in [3.05, 3.63) is 11.8 Å². The number of carbonyl (C=O) groups is 1. The van der Waals surface area contributed by atoms with Crippen molar-refractivity contribution in [2.75, 3.05) is 0 Å². The maximum absolute atomic E-state index is 12.3. The molecule has 0 aromatic heterocycles. The van der Waals surface area contributed by atoms with Crippen molar-refractivity contribution in [2.45, 2.75) is 70.8 Å². The molecule has 4 aliphatic rings. The first-order chi connectivity index (χ1) is 11.8. The van der Waals surface area contributed by atoms with Crippen LogP contribution in [-0.4, -0.2) is 21.6 Å². The van der Waals surface area contributed by atoms with Crippen molar-refractivity contribution in [3.63, 3.8) is 0 Å². The van der Waals surface area contributed by atoms with Gasteiger partial charge in [0.2, 0.25) is 0 Å². The molecule has 0 spiro atoms.